The van der Waals surface area contributed by atoms with Gasteiger partial charge in [-0.15, -0.1) is 0 Å². The van der Waals surface area contributed by atoms with Gasteiger partial charge >= 0.3 is 12.0 Å². The van der Waals surface area contributed by atoms with Gasteiger partial charge in [0.2, 0.25) is 0 Å². The summed E-state index contributed by atoms with van der Waals surface area (Å²) in [5.41, 5.74) is 0. The zero-order chi connectivity index (χ0) is 13.1. The molecule has 2 N–H and O–H groups in total. The number of aliphatic carboxylic acids is 1. The molecule has 0 aliphatic heterocycles. The molecule has 1 saturated carbocycles. The van der Waals surface area contributed by atoms with E-state index in [9.17, 15) is 9.59 Å². The number of amides is 2. The molecule has 0 aromatic rings. The second-order valence-electron chi connectivity index (χ2n) is 5.30. The highest BCUT2D eigenvalue weighted by Crippen LogP contribution is 2.26. The third kappa shape index (κ3) is 3.03. The number of carbonyl (C=O) groups is 2. The maximum Gasteiger partial charge on any atom is 0.317 e. The van der Waals surface area contributed by atoms with E-state index >= 15 is 0 Å². The van der Waals surface area contributed by atoms with E-state index in [0.29, 0.717) is 12.3 Å². The second-order valence-corrected chi connectivity index (χ2v) is 5.30. The Morgan fingerprint density at radius 3 is 2.61 bits per heavy atom. The van der Waals surface area contributed by atoms with Crippen molar-refractivity contribution in [2.45, 2.75) is 31.7 Å². The molecule has 0 saturated heterocycles. The predicted octanol–water partition coefficient (Wildman–Crippen LogP) is 1.46. The molecule has 0 heterocycles. The number of nitrogens with one attached hydrogen (secondary N) is 1. The van der Waals surface area contributed by atoms with Gasteiger partial charge in [0.15, 0.2) is 0 Å². The number of carbonyl (C=O) groups excluding carboxylic acids is 1. The fraction of sp³-hybridized carbons (Fsp3) is 0.692. The van der Waals surface area contributed by atoms with E-state index in [-0.39, 0.29) is 12.1 Å². The van der Waals surface area contributed by atoms with Crippen molar-refractivity contribution in [1.29, 1.82) is 0 Å². The average Bonchev–Trinajstić information content (AvgIpc) is 2.71. The Bertz CT molecular complexity index is 363. The van der Waals surface area contributed by atoms with Crippen molar-refractivity contribution in [1.82, 2.24) is 10.2 Å². The number of hydrogen-bond acceptors (Lipinski definition) is 2. The number of rotatable bonds is 4. The van der Waals surface area contributed by atoms with Crippen molar-refractivity contribution in [3.63, 3.8) is 0 Å². The van der Waals surface area contributed by atoms with Gasteiger partial charge in [0.25, 0.3) is 0 Å². The maximum atomic E-state index is 11.9. The van der Waals surface area contributed by atoms with Gasteiger partial charge in [-0.3, -0.25) is 4.79 Å². The van der Waals surface area contributed by atoms with Crippen LogP contribution < -0.4 is 5.32 Å². The highest BCUT2D eigenvalue weighted by molar-refractivity contribution is 5.76. The summed E-state index contributed by atoms with van der Waals surface area (Å²) in [6.07, 6.45) is 7.57. The van der Waals surface area contributed by atoms with Crippen LogP contribution in [0.4, 0.5) is 4.79 Å². The molecule has 18 heavy (non-hydrogen) atoms. The molecule has 2 amide bonds. The fourth-order valence-corrected chi connectivity index (χ4v) is 2.40. The molecule has 2 atom stereocenters. The summed E-state index contributed by atoms with van der Waals surface area (Å²) in [6.45, 7) is 0.796. The molecule has 1 fully saturated rings. The number of carboxylic acid groups (broad SMARTS) is 1. The van der Waals surface area contributed by atoms with Crippen molar-refractivity contribution < 1.29 is 14.7 Å². The minimum absolute atomic E-state index is 0.109. The Morgan fingerprint density at radius 1 is 1.39 bits per heavy atom. The monoisotopic (exact) mass is 252 g/mol. The van der Waals surface area contributed by atoms with Crippen LogP contribution in [0.5, 0.6) is 0 Å². The lowest BCUT2D eigenvalue weighted by Crippen LogP contribution is -2.44. The van der Waals surface area contributed by atoms with Crippen molar-refractivity contribution >= 4 is 12.0 Å². The second kappa shape index (κ2) is 5.42. The minimum atomic E-state index is -0.828. The third-order valence-electron chi connectivity index (χ3n) is 3.81. The fourth-order valence-electron chi connectivity index (χ4n) is 2.40. The van der Waals surface area contributed by atoms with E-state index in [1.807, 2.05) is 0 Å². The number of carboxylic acids is 1. The van der Waals surface area contributed by atoms with Crippen molar-refractivity contribution in [2.24, 2.45) is 11.8 Å². The Morgan fingerprint density at radius 2 is 2.11 bits per heavy atom. The molecule has 5 nitrogen and oxygen atoms in total. The summed E-state index contributed by atoms with van der Waals surface area (Å²) >= 11 is 0. The van der Waals surface area contributed by atoms with Gasteiger partial charge < -0.3 is 15.3 Å². The van der Waals surface area contributed by atoms with Crippen LogP contribution >= 0.6 is 0 Å². The van der Waals surface area contributed by atoms with Crippen LogP contribution in [0.3, 0.4) is 0 Å². The largest absolute Gasteiger partial charge is 0.481 e. The summed E-state index contributed by atoms with van der Waals surface area (Å²) in [6, 6.07) is -0.259. The van der Waals surface area contributed by atoms with Crippen molar-refractivity contribution in [3.8, 4) is 0 Å². The summed E-state index contributed by atoms with van der Waals surface area (Å²) in [7, 11) is 1.79. The molecule has 0 radical (unpaired) electrons. The van der Waals surface area contributed by atoms with Crippen LogP contribution in [0, 0.1) is 11.8 Å². The Balaban J connectivity index is 1.74. The maximum absolute atomic E-state index is 11.9. The first-order valence-electron chi connectivity index (χ1n) is 6.49. The molecular formula is C13H20N2O3. The Kier molecular flexibility index (Phi) is 3.89. The van der Waals surface area contributed by atoms with E-state index in [2.05, 4.69) is 5.32 Å². The smallest absolute Gasteiger partial charge is 0.317 e. The number of hydrogen-bond donors (Lipinski definition) is 2. The molecule has 5 heteroatoms. The zero-order valence-electron chi connectivity index (χ0n) is 10.6. The standard InChI is InChI=1S/C13H20N2O3/c1-15(8-9-3-2-4-9)13(18)14-11-6-5-10(7-11)12(16)17/h5-6,9-11H,2-4,7-8H2,1H3,(H,14,18)(H,16,17). The highest BCUT2D eigenvalue weighted by Gasteiger charge is 2.27. The van der Waals surface area contributed by atoms with Gasteiger partial charge in [-0.1, -0.05) is 18.6 Å². The van der Waals surface area contributed by atoms with E-state index in [1.54, 1.807) is 24.1 Å². The topological polar surface area (TPSA) is 69.6 Å². The van der Waals surface area contributed by atoms with Gasteiger partial charge in [0.05, 0.1) is 12.0 Å². The van der Waals surface area contributed by atoms with Gasteiger partial charge in [-0.05, 0) is 25.2 Å². The lowest BCUT2D eigenvalue weighted by molar-refractivity contribution is -0.140. The van der Waals surface area contributed by atoms with E-state index in [0.717, 1.165) is 6.54 Å². The predicted molar refractivity (Wildman–Crippen MR) is 67.2 cm³/mol. The minimum Gasteiger partial charge on any atom is -0.481 e. The van der Waals surface area contributed by atoms with Gasteiger partial charge in [0.1, 0.15) is 0 Å². The molecule has 2 rings (SSSR count). The normalized spacial score (nSPS) is 26.7. The first kappa shape index (κ1) is 12.9. The van der Waals surface area contributed by atoms with E-state index in [1.165, 1.54) is 19.3 Å². The molecule has 2 unspecified atom stereocenters. The summed E-state index contributed by atoms with van der Waals surface area (Å²) in [5.74, 6) is -0.648. The number of nitrogens with zero attached hydrogens (tertiary/aromatic N) is 1. The van der Waals surface area contributed by atoms with Crippen LogP contribution in [0.15, 0.2) is 12.2 Å². The summed E-state index contributed by atoms with van der Waals surface area (Å²) in [5, 5.41) is 11.7. The van der Waals surface area contributed by atoms with Crippen molar-refractivity contribution in [3.05, 3.63) is 12.2 Å². The van der Waals surface area contributed by atoms with Gasteiger partial charge in [-0.25, -0.2) is 4.79 Å². The van der Waals surface area contributed by atoms with Crippen molar-refractivity contribution in [2.75, 3.05) is 13.6 Å². The zero-order valence-corrected chi connectivity index (χ0v) is 10.6. The Hall–Kier alpha value is -1.52. The lowest BCUT2D eigenvalue weighted by atomic mass is 9.85. The first-order valence-corrected chi connectivity index (χ1v) is 6.49. The number of urea groups is 1. The molecule has 2 aliphatic carbocycles. The molecule has 0 aromatic carbocycles. The quantitative estimate of drug-likeness (QED) is 0.744. The van der Waals surface area contributed by atoms with Crippen LogP contribution in [-0.2, 0) is 4.79 Å². The summed E-state index contributed by atoms with van der Waals surface area (Å²) < 4.78 is 0. The molecule has 2 aliphatic rings. The summed E-state index contributed by atoms with van der Waals surface area (Å²) in [4.78, 5) is 24.4. The highest BCUT2D eigenvalue weighted by atomic mass is 16.4. The molecule has 100 valence electrons. The molecule has 0 aromatic heterocycles. The van der Waals surface area contributed by atoms with Crippen LogP contribution in [-0.4, -0.2) is 41.6 Å². The van der Waals surface area contributed by atoms with Crippen LogP contribution in [0.25, 0.3) is 0 Å². The van der Waals surface area contributed by atoms with E-state index < -0.39 is 11.9 Å². The first-order chi connectivity index (χ1) is 8.56. The SMILES string of the molecule is CN(CC1CCC1)C(=O)NC1C=CC(C(=O)O)C1. The average molecular weight is 252 g/mol. The van der Waals surface area contributed by atoms with Crippen LogP contribution in [0.2, 0.25) is 0 Å². The molecule has 0 bridgehead atoms. The van der Waals surface area contributed by atoms with Gasteiger partial charge in [0, 0.05) is 13.6 Å². The molecular weight excluding hydrogens is 232 g/mol. The van der Waals surface area contributed by atoms with E-state index in [4.69, 9.17) is 5.11 Å². The Labute approximate surface area is 107 Å². The van der Waals surface area contributed by atoms with Crippen LogP contribution in [0.1, 0.15) is 25.7 Å². The lowest BCUT2D eigenvalue weighted by Gasteiger charge is -2.30. The molecule has 0 spiro atoms. The third-order valence-corrected chi connectivity index (χ3v) is 3.81. The van der Waals surface area contributed by atoms with Gasteiger partial charge in [-0.2, -0.15) is 0 Å².